The van der Waals surface area contributed by atoms with Gasteiger partial charge in [-0.2, -0.15) is 0 Å². The van der Waals surface area contributed by atoms with Crippen LogP contribution in [0.15, 0.2) is 69.3 Å². The van der Waals surface area contributed by atoms with E-state index in [4.69, 9.17) is 0 Å². The Bertz CT molecular complexity index is 906. The van der Waals surface area contributed by atoms with Crippen LogP contribution in [0.1, 0.15) is 33.4 Å². The summed E-state index contributed by atoms with van der Waals surface area (Å²) in [5, 5.41) is 0. The minimum Gasteiger partial charge on any atom is -0.120 e. The Kier molecular flexibility index (Phi) is 12.6. The number of rotatable bonds is 4. The van der Waals surface area contributed by atoms with E-state index in [0.29, 0.717) is 11.1 Å². The van der Waals surface area contributed by atoms with Crippen molar-refractivity contribution < 1.29 is 11.7 Å². The molecule has 3 aromatic carbocycles. The molecule has 3 aromatic rings. The van der Waals surface area contributed by atoms with Crippen LogP contribution in [0, 0.1) is 41.5 Å². The van der Waals surface area contributed by atoms with Gasteiger partial charge in [0, 0.05) is 9.79 Å². The summed E-state index contributed by atoms with van der Waals surface area (Å²) in [6.45, 7) is 11.7. The lowest BCUT2D eigenvalue weighted by Gasteiger charge is -2.15. The van der Waals surface area contributed by atoms with Crippen LogP contribution >= 0.6 is 55.4 Å². The molecule has 0 saturated heterocycles. The van der Waals surface area contributed by atoms with E-state index < -0.39 is 16.1 Å². The Labute approximate surface area is 214 Å². The van der Waals surface area contributed by atoms with Crippen molar-refractivity contribution in [2.75, 3.05) is 4.93 Å². The molecule has 0 heterocycles. The molecule has 0 amide bonds. The molecule has 0 aliphatic carbocycles. The third-order valence-electron chi connectivity index (χ3n) is 4.67. The molecule has 3 rings (SSSR count). The predicted octanol–water partition coefficient (Wildman–Crippen LogP) is 10.9. The van der Waals surface area contributed by atoms with E-state index in [9.17, 15) is 11.7 Å². The lowest BCUT2D eigenvalue weighted by Crippen LogP contribution is -1.89. The fourth-order valence-corrected chi connectivity index (χ4v) is 7.02. The fourth-order valence-electron chi connectivity index (χ4n) is 3.11. The Morgan fingerprint density at radius 3 is 1.00 bits per heavy atom. The first kappa shape index (κ1) is 29.3. The topological polar surface area (TPSA) is 0 Å². The maximum atomic E-state index is 12.4. The molecular weight excluding hydrogens is 580 g/mol. The number of aryl methyl sites for hydroxylation is 6. The molecule has 0 radical (unpaired) electrons. The van der Waals surface area contributed by atoms with E-state index in [0.717, 1.165) is 0 Å². The summed E-state index contributed by atoms with van der Waals surface area (Å²) in [7, 11) is 3.74. The van der Waals surface area contributed by atoms with Crippen molar-refractivity contribution in [2.45, 2.75) is 56.2 Å². The molecule has 0 fully saturated rings. The number of hydrogen-bond acceptors (Lipinski definition) is 2. The van der Waals surface area contributed by atoms with Gasteiger partial charge in [-0.15, -0.1) is 11.7 Å². The van der Waals surface area contributed by atoms with Gasteiger partial charge < -0.3 is 0 Å². The number of alkyl halides is 1. The van der Waals surface area contributed by atoms with E-state index >= 15 is 0 Å². The summed E-state index contributed by atoms with van der Waals surface area (Å²) in [6, 6.07) is 17.6. The first-order chi connectivity index (χ1) is 15.0. The molecule has 0 atom stereocenters. The van der Waals surface area contributed by atoms with Crippen molar-refractivity contribution >= 4 is 55.4 Å². The van der Waals surface area contributed by atoms with E-state index in [-0.39, 0.29) is 0 Å². The van der Waals surface area contributed by atoms with Crippen molar-refractivity contribution in [1.82, 2.24) is 0 Å². The summed E-state index contributed by atoms with van der Waals surface area (Å²) in [5.74, 6) is 0. The first-order valence-electron chi connectivity index (χ1n) is 9.85. The minimum atomic E-state index is -5.06. The summed E-state index contributed by atoms with van der Waals surface area (Å²) in [6.07, 6.45) is 0. The van der Waals surface area contributed by atoms with Crippen molar-refractivity contribution in [3.63, 3.8) is 0 Å². The second kappa shape index (κ2) is 13.8. The van der Waals surface area contributed by atoms with E-state index in [1.165, 1.54) is 58.0 Å². The van der Waals surface area contributed by atoms with Gasteiger partial charge in [0.2, 0.25) is 11.2 Å². The SMILES string of the molecule is CI.Cc1cccc(C)c1S(F)(F)F.Cc1cccc(C)c1SSc1c(C)cccc1C. The zero-order valence-electron chi connectivity index (χ0n) is 19.4. The molecule has 0 aromatic heterocycles. The van der Waals surface area contributed by atoms with Crippen molar-refractivity contribution in [1.29, 1.82) is 0 Å². The second-order valence-corrected chi connectivity index (χ2v) is 10.6. The summed E-state index contributed by atoms with van der Waals surface area (Å²) in [4.78, 5) is 4.33. The minimum absolute atomic E-state index is 0.317. The molecule has 0 unspecified atom stereocenters. The van der Waals surface area contributed by atoms with Crippen molar-refractivity contribution in [2.24, 2.45) is 0 Å². The van der Waals surface area contributed by atoms with Crippen molar-refractivity contribution in [3.8, 4) is 0 Å². The predicted molar refractivity (Wildman–Crippen MR) is 149 cm³/mol. The number of halogens is 4. The molecule has 0 N–H and O–H groups in total. The highest BCUT2D eigenvalue weighted by Crippen LogP contribution is 2.62. The zero-order chi connectivity index (χ0) is 24.5. The summed E-state index contributed by atoms with van der Waals surface area (Å²) in [5.41, 5.74) is 6.07. The maximum Gasteiger partial charge on any atom is 0.238 e. The first-order valence-corrected chi connectivity index (χ1v) is 15.5. The third-order valence-corrected chi connectivity index (χ3v) is 8.73. The normalized spacial score (nSPS) is 11.1. The second-order valence-electron chi connectivity index (χ2n) is 7.24. The monoisotopic (exact) mass is 610 g/mol. The van der Waals surface area contributed by atoms with Gasteiger partial charge in [0.15, 0.2) is 0 Å². The van der Waals surface area contributed by atoms with Crippen LogP contribution in [0.3, 0.4) is 0 Å². The van der Waals surface area contributed by atoms with E-state index in [1.54, 1.807) is 6.07 Å². The lowest BCUT2D eigenvalue weighted by atomic mass is 10.2. The molecule has 7 heteroatoms. The molecule has 0 aliphatic rings. The van der Waals surface area contributed by atoms with Crippen LogP contribution in [-0.4, -0.2) is 4.93 Å². The summed E-state index contributed by atoms with van der Waals surface area (Å²) >= 11 is -2.91. The average Bonchev–Trinajstić information content (AvgIpc) is 2.70. The van der Waals surface area contributed by atoms with Gasteiger partial charge in [0.1, 0.15) is 0 Å². The third kappa shape index (κ3) is 8.54. The zero-order valence-corrected chi connectivity index (χ0v) is 24.0. The molecule has 0 saturated carbocycles. The highest BCUT2D eigenvalue weighted by atomic mass is 127. The van der Waals surface area contributed by atoms with Gasteiger partial charge in [-0.3, -0.25) is 0 Å². The van der Waals surface area contributed by atoms with Crippen molar-refractivity contribution in [3.05, 3.63) is 88.0 Å². The average molecular weight is 611 g/mol. The molecule has 0 bridgehead atoms. The highest BCUT2D eigenvalue weighted by molar-refractivity contribution is 14.1. The number of hydrogen-bond donors (Lipinski definition) is 0. The largest absolute Gasteiger partial charge is 0.238 e. The van der Waals surface area contributed by atoms with Gasteiger partial charge in [-0.05, 0) is 79.9 Å². The van der Waals surface area contributed by atoms with Crippen LogP contribution in [0.5, 0.6) is 0 Å². The van der Waals surface area contributed by atoms with Crippen LogP contribution < -0.4 is 0 Å². The van der Waals surface area contributed by atoms with Crippen LogP contribution in [0.2, 0.25) is 0 Å². The Morgan fingerprint density at radius 1 is 0.531 bits per heavy atom. The highest BCUT2D eigenvalue weighted by Gasteiger charge is 2.28. The number of benzene rings is 3. The molecular formula is C25H30F3IS3. The van der Waals surface area contributed by atoms with Crippen LogP contribution in [-0.2, 0) is 0 Å². The Balaban J connectivity index is 0.000000318. The van der Waals surface area contributed by atoms with Crippen LogP contribution in [0.4, 0.5) is 11.7 Å². The van der Waals surface area contributed by atoms with Crippen LogP contribution in [0.25, 0.3) is 0 Å². The fraction of sp³-hybridized carbons (Fsp3) is 0.280. The van der Waals surface area contributed by atoms with E-state index in [2.05, 4.69) is 86.7 Å². The van der Waals surface area contributed by atoms with E-state index in [1.807, 2.05) is 26.5 Å². The quantitative estimate of drug-likeness (QED) is 0.164. The van der Waals surface area contributed by atoms with Gasteiger partial charge in [0.05, 0.1) is 4.90 Å². The molecule has 0 nitrogen and oxygen atoms in total. The molecule has 0 spiro atoms. The van der Waals surface area contributed by atoms with Gasteiger partial charge >= 0.3 is 0 Å². The smallest absolute Gasteiger partial charge is 0.120 e. The van der Waals surface area contributed by atoms with Gasteiger partial charge in [0.25, 0.3) is 0 Å². The Morgan fingerprint density at radius 2 is 0.781 bits per heavy atom. The van der Waals surface area contributed by atoms with Gasteiger partial charge in [-0.1, -0.05) is 98.8 Å². The molecule has 176 valence electrons. The molecule has 0 aliphatic heterocycles. The summed E-state index contributed by atoms with van der Waals surface area (Å²) < 4.78 is 37.2. The molecule has 32 heavy (non-hydrogen) atoms. The standard InChI is InChI=1S/C16H18S2.C8H9F3S.CH3I/c1-11-7-5-8-12(2)15(11)17-18-16-13(3)9-6-10-14(16)4;1-6-4-3-5-7(2)8(6)12(9,10)11;1-2/h5-10H,1-4H3;3-5H,1-2H3;1H3. The maximum absolute atomic E-state index is 12.4. The van der Waals surface area contributed by atoms with Gasteiger partial charge in [-0.25, -0.2) is 0 Å². The Hall–Kier alpha value is -0.770. The lowest BCUT2D eigenvalue weighted by molar-refractivity contribution is 0.630.